The van der Waals surface area contributed by atoms with Crippen LogP contribution in [-0.4, -0.2) is 4.98 Å². The third-order valence-electron chi connectivity index (χ3n) is 1.18. The second kappa shape index (κ2) is 3.46. The van der Waals surface area contributed by atoms with Crippen molar-refractivity contribution in [1.82, 2.24) is 4.98 Å². The van der Waals surface area contributed by atoms with Crippen LogP contribution in [0.25, 0.3) is 0 Å². The maximum Gasteiger partial charge on any atom is 0.280 e. The minimum absolute atomic E-state index is 0.0667. The standard InChI is InChI=1S/C6H4F3IN2/c7-2-1-3(5(8)9)12-6(11)4(2)10/h1,5H,(H2,11,12). The molecule has 0 aliphatic heterocycles. The molecule has 0 amide bonds. The number of nitrogen functional groups attached to an aromatic ring is 1. The van der Waals surface area contributed by atoms with Gasteiger partial charge in [-0.2, -0.15) is 0 Å². The molecule has 0 spiro atoms. The number of hydrogen-bond acceptors (Lipinski definition) is 2. The Labute approximate surface area is 80.1 Å². The Morgan fingerprint density at radius 3 is 2.50 bits per heavy atom. The molecule has 0 radical (unpaired) electrons. The molecule has 0 saturated heterocycles. The van der Waals surface area contributed by atoms with Crippen LogP contribution in [0.1, 0.15) is 12.1 Å². The summed E-state index contributed by atoms with van der Waals surface area (Å²) < 4.78 is 36.7. The monoisotopic (exact) mass is 288 g/mol. The van der Waals surface area contributed by atoms with Gasteiger partial charge in [0.05, 0.1) is 3.57 Å². The van der Waals surface area contributed by atoms with Gasteiger partial charge in [0.15, 0.2) is 0 Å². The Hall–Kier alpha value is -0.530. The number of nitrogens with two attached hydrogens (primary N) is 1. The van der Waals surface area contributed by atoms with Crippen LogP contribution >= 0.6 is 22.6 Å². The van der Waals surface area contributed by atoms with Crippen molar-refractivity contribution >= 4 is 28.4 Å². The normalized spacial score (nSPS) is 10.8. The van der Waals surface area contributed by atoms with Gasteiger partial charge in [-0.05, 0) is 22.6 Å². The van der Waals surface area contributed by atoms with E-state index in [4.69, 9.17) is 5.73 Å². The average molecular weight is 288 g/mol. The number of alkyl halides is 2. The van der Waals surface area contributed by atoms with Crippen molar-refractivity contribution in [3.05, 3.63) is 21.1 Å². The largest absolute Gasteiger partial charge is 0.383 e. The van der Waals surface area contributed by atoms with Crippen LogP contribution < -0.4 is 5.73 Å². The molecule has 1 rings (SSSR count). The molecule has 6 heteroatoms. The van der Waals surface area contributed by atoms with Crippen LogP contribution in [0.3, 0.4) is 0 Å². The molecule has 0 bridgehead atoms. The maximum absolute atomic E-state index is 12.7. The third kappa shape index (κ3) is 1.79. The lowest BCUT2D eigenvalue weighted by Gasteiger charge is -2.02. The first-order valence-electron chi connectivity index (χ1n) is 2.92. The van der Waals surface area contributed by atoms with Gasteiger partial charge >= 0.3 is 0 Å². The Kier molecular flexibility index (Phi) is 2.76. The molecule has 0 aliphatic rings. The van der Waals surface area contributed by atoms with Gasteiger partial charge in [-0.15, -0.1) is 0 Å². The van der Waals surface area contributed by atoms with E-state index in [1.165, 1.54) is 0 Å². The number of nitrogens with zero attached hydrogens (tertiary/aromatic N) is 1. The van der Waals surface area contributed by atoms with Gasteiger partial charge in [-0.25, -0.2) is 18.2 Å². The topological polar surface area (TPSA) is 38.9 Å². The highest BCUT2D eigenvalue weighted by Crippen LogP contribution is 2.23. The van der Waals surface area contributed by atoms with Gasteiger partial charge in [0, 0.05) is 6.07 Å². The predicted molar refractivity (Wildman–Crippen MR) is 46.3 cm³/mol. The first kappa shape index (κ1) is 9.56. The number of aromatic nitrogens is 1. The van der Waals surface area contributed by atoms with E-state index in [9.17, 15) is 13.2 Å². The van der Waals surface area contributed by atoms with Crippen molar-refractivity contribution in [3.63, 3.8) is 0 Å². The first-order chi connectivity index (χ1) is 5.52. The highest BCUT2D eigenvalue weighted by molar-refractivity contribution is 14.1. The van der Waals surface area contributed by atoms with Gasteiger partial charge in [0.25, 0.3) is 6.43 Å². The number of halogens is 4. The summed E-state index contributed by atoms with van der Waals surface area (Å²) in [5.41, 5.74) is 4.53. The van der Waals surface area contributed by atoms with Crippen LogP contribution in [0, 0.1) is 9.39 Å². The molecule has 0 atom stereocenters. The number of rotatable bonds is 1. The van der Waals surface area contributed by atoms with Crippen LogP contribution in [0.4, 0.5) is 19.0 Å². The fourth-order valence-corrected chi connectivity index (χ4v) is 0.924. The van der Waals surface area contributed by atoms with Gasteiger partial charge in [-0.3, -0.25) is 0 Å². The molecule has 0 fully saturated rings. The fraction of sp³-hybridized carbons (Fsp3) is 0.167. The highest BCUT2D eigenvalue weighted by Gasteiger charge is 2.14. The molecule has 1 heterocycles. The summed E-state index contributed by atoms with van der Waals surface area (Å²) in [6, 6.07) is 0.683. The highest BCUT2D eigenvalue weighted by atomic mass is 127. The second-order valence-electron chi connectivity index (χ2n) is 2.03. The van der Waals surface area contributed by atoms with E-state index in [-0.39, 0.29) is 9.39 Å². The van der Waals surface area contributed by atoms with Crippen LogP contribution in [0.15, 0.2) is 6.07 Å². The molecular formula is C6H4F3IN2. The summed E-state index contributed by atoms with van der Waals surface area (Å²) in [6.45, 7) is 0. The van der Waals surface area contributed by atoms with Crippen LogP contribution in [-0.2, 0) is 0 Å². The lowest BCUT2D eigenvalue weighted by Crippen LogP contribution is -2.01. The maximum atomic E-state index is 12.7. The summed E-state index contributed by atoms with van der Waals surface area (Å²) in [7, 11) is 0. The van der Waals surface area contributed by atoms with E-state index >= 15 is 0 Å². The number of anilines is 1. The second-order valence-corrected chi connectivity index (χ2v) is 3.11. The average Bonchev–Trinajstić information content (AvgIpc) is 1.99. The molecule has 2 N–H and O–H groups in total. The summed E-state index contributed by atoms with van der Waals surface area (Å²) in [6.07, 6.45) is -2.79. The van der Waals surface area contributed by atoms with E-state index in [0.29, 0.717) is 6.07 Å². The van der Waals surface area contributed by atoms with Gasteiger partial charge in [0.2, 0.25) is 0 Å². The molecule has 0 aromatic carbocycles. The number of hydrogen-bond donors (Lipinski definition) is 1. The summed E-state index contributed by atoms with van der Waals surface area (Å²) in [5, 5.41) is 0. The minimum Gasteiger partial charge on any atom is -0.383 e. The van der Waals surface area contributed by atoms with Crippen molar-refractivity contribution in [2.24, 2.45) is 0 Å². The Balaban J connectivity index is 3.21. The van der Waals surface area contributed by atoms with Crippen molar-refractivity contribution < 1.29 is 13.2 Å². The van der Waals surface area contributed by atoms with E-state index in [1.54, 1.807) is 22.6 Å². The molecule has 1 aromatic heterocycles. The van der Waals surface area contributed by atoms with Crippen molar-refractivity contribution in [2.45, 2.75) is 6.43 Å². The molecule has 0 aliphatic carbocycles. The van der Waals surface area contributed by atoms with E-state index in [2.05, 4.69) is 4.98 Å². The first-order valence-corrected chi connectivity index (χ1v) is 4.00. The van der Waals surface area contributed by atoms with Crippen molar-refractivity contribution in [2.75, 3.05) is 5.73 Å². The zero-order chi connectivity index (χ0) is 9.30. The smallest absolute Gasteiger partial charge is 0.280 e. The zero-order valence-corrected chi connectivity index (χ0v) is 7.85. The predicted octanol–water partition coefficient (Wildman–Crippen LogP) is 2.35. The summed E-state index contributed by atoms with van der Waals surface area (Å²) in [4.78, 5) is 3.31. The van der Waals surface area contributed by atoms with Gasteiger partial charge < -0.3 is 5.73 Å². The van der Waals surface area contributed by atoms with Crippen LogP contribution in [0.2, 0.25) is 0 Å². The van der Waals surface area contributed by atoms with E-state index < -0.39 is 17.9 Å². The SMILES string of the molecule is Nc1nc(C(F)F)cc(F)c1I. The lowest BCUT2D eigenvalue weighted by molar-refractivity contribution is 0.145. The molecule has 0 unspecified atom stereocenters. The summed E-state index contributed by atoms with van der Waals surface area (Å²) in [5.74, 6) is -0.968. The Bertz CT molecular complexity index is 280. The molecule has 12 heavy (non-hydrogen) atoms. The van der Waals surface area contributed by atoms with Crippen molar-refractivity contribution in [3.8, 4) is 0 Å². The quantitative estimate of drug-likeness (QED) is 0.806. The summed E-state index contributed by atoms with van der Waals surface area (Å²) >= 11 is 1.60. The lowest BCUT2D eigenvalue weighted by atomic mass is 10.3. The zero-order valence-electron chi connectivity index (χ0n) is 5.69. The van der Waals surface area contributed by atoms with Gasteiger partial charge in [0.1, 0.15) is 17.3 Å². The number of pyridine rings is 1. The fourth-order valence-electron chi connectivity index (χ4n) is 0.648. The minimum atomic E-state index is -2.79. The molecular weight excluding hydrogens is 284 g/mol. The van der Waals surface area contributed by atoms with Crippen molar-refractivity contribution in [1.29, 1.82) is 0 Å². The van der Waals surface area contributed by atoms with E-state index in [0.717, 1.165) is 0 Å². The third-order valence-corrected chi connectivity index (χ3v) is 2.25. The van der Waals surface area contributed by atoms with E-state index in [1.807, 2.05) is 0 Å². The Morgan fingerprint density at radius 1 is 1.50 bits per heavy atom. The molecule has 0 saturated carbocycles. The Morgan fingerprint density at radius 2 is 2.08 bits per heavy atom. The van der Waals surface area contributed by atoms with Crippen LogP contribution in [0.5, 0.6) is 0 Å². The van der Waals surface area contributed by atoms with Gasteiger partial charge in [-0.1, -0.05) is 0 Å². The molecule has 66 valence electrons. The molecule has 2 nitrogen and oxygen atoms in total. The molecule has 1 aromatic rings.